The number of rotatable bonds is 6. The number of anilines is 1. The largest absolute Gasteiger partial charge is 0.486 e. The summed E-state index contributed by atoms with van der Waals surface area (Å²) in [6, 6.07) is 24.5. The average Bonchev–Trinajstić information content (AvgIpc) is 3.40. The van der Waals surface area contributed by atoms with Crippen LogP contribution in [0.5, 0.6) is 5.75 Å². The van der Waals surface area contributed by atoms with Gasteiger partial charge >= 0.3 is 0 Å². The summed E-state index contributed by atoms with van der Waals surface area (Å²) < 4.78 is 25.4. The van der Waals surface area contributed by atoms with Crippen LogP contribution in [0, 0.1) is 5.82 Å². The number of hydrogen-bond donors (Lipinski definition) is 0. The third kappa shape index (κ3) is 5.11. The number of ether oxygens (including phenoxy) is 1. The molecule has 188 valence electrons. The molecule has 2 amide bonds. The Kier molecular flexibility index (Phi) is 6.77. The Bertz CT molecular complexity index is 1420. The van der Waals surface area contributed by atoms with Crippen molar-refractivity contribution in [3.8, 4) is 5.75 Å². The number of amides is 2. The highest BCUT2D eigenvalue weighted by Gasteiger charge is 2.31. The van der Waals surface area contributed by atoms with Gasteiger partial charge < -0.3 is 19.0 Å². The number of fused-ring (bicyclic) bond motifs is 1. The molecule has 0 aliphatic carbocycles. The Morgan fingerprint density at radius 2 is 1.78 bits per heavy atom. The molecule has 1 aliphatic heterocycles. The van der Waals surface area contributed by atoms with E-state index in [-0.39, 0.29) is 36.0 Å². The van der Waals surface area contributed by atoms with Gasteiger partial charge in [0.25, 0.3) is 5.91 Å². The molecular formula is C30H27FN2O4. The van der Waals surface area contributed by atoms with Crippen LogP contribution in [0.15, 0.2) is 89.3 Å². The lowest BCUT2D eigenvalue weighted by Gasteiger charge is -2.37. The minimum absolute atomic E-state index is 0.0421. The molecule has 0 fully saturated rings. The Labute approximate surface area is 214 Å². The van der Waals surface area contributed by atoms with Crippen molar-refractivity contribution in [3.63, 3.8) is 0 Å². The number of para-hydroxylation sites is 1. The predicted octanol–water partition coefficient (Wildman–Crippen LogP) is 5.77. The molecule has 1 unspecified atom stereocenters. The number of carbonyl (C=O) groups excluding carboxylic acids is 2. The molecule has 1 aliphatic rings. The molecule has 1 atom stereocenters. The maximum Gasteiger partial charge on any atom is 0.293 e. The van der Waals surface area contributed by atoms with Crippen LogP contribution in [0.4, 0.5) is 10.1 Å². The van der Waals surface area contributed by atoms with Crippen LogP contribution in [0.25, 0.3) is 0 Å². The number of nitrogens with zero attached hydrogens (tertiary/aromatic N) is 2. The van der Waals surface area contributed by atoms with E-state index in [9.17, 15) is 14.0 Å². The van der Waals surface area contributed by atoms with Gasteiger partial charge in [-0.3, -0.25) is 9.59 Å². The van der Waals surface area contributed by atoms with Gasteiger partial charge in [-0.1, -0.05) is 36.4 Å². The Balaban J connectivity index is 1.34. The van der Waals surface area contributed by atoms with E-state index in [1.807, 2.05) is 48.5 Å². The fraction of sp³-hybridized carbons (Fsp3) is 0.200. The number of benzene rings is 3. The molecule has 0 bridgehead atoms. The molecule has 7 heteroatoms. The molecule has 0 N–H and O–H groups in total. The lowest BCUT2D eigenvalue weighted by molar-refractivity contribution is -0.130. The molecule has 2 heterocycles. The maximum atomic E-state index is 13.6. The second kappa shape index (κ2) is 10.3. The summed E-state index contributed by atoms with van der Waals surface area (Å²) in [6.45, 7) is 2.27. The summed E-state index contributed by atoms with van der Waals surface area (Å²) in [5.41, 5.74) is 3.68. The molecule has 3 aromatic carbocycles. The molecule has 5 rings (SSSR count). The fourth-order valence-electron chi connectivity index (χ4n) is 4.69. The molecule has 0 saturated heterocycles. The Morgan fingerprint density at radius 1 is 1.03 bits per heavy atom. The predicted molar refractivity (Wildman–Crippen MR) is 138 cm³/mol. The highest BCUT2D eigenvalue weighted by atomic mass is 19.1. The standard InChI is InChI=1S/C30H27FN2O4/c1-20(34)33-17-16-21-10-13-25(18-27(21)29(33)22-8-11-23(31)12-9-22)36-19-26-14-15-28(37-26)30(35)32(2)24-6-4-3-5-7-24/h3-15,18,29H,16-17,19H2,1-2H3. The van der Waals surface area contributed by atoms with Gasteiger partial charge in [0, 0.05) is 26.2 Å². The van der Waals surface area contributed by atoms with Crippen LogP contribution in [-0.4, -0.2) is 30.3 Å². The van der Waals surface area contributed by atoms with Crippen LogP contribution in [0.3, 0.4) is 0 Å². The van der Waals surface area contributed by atoms with Crippen LogP contribution in [0.2, 0.25) is 0 Å². The third-order valence-corrected chi connectivity index (χ3v) is 6.64. The summed E-state index contributed by atoms with van der Waals surface area (Å²) in [5.74, 6) is 0.739. The second-order valence-corrected chi connectivity index (χ2v) is 9.03. The van der Waals surface area contributed by atoms with Crippen LogP contribution < -0.4 is 9.64 Å². The van der Waals surface area contributed by atoms with E-state index >= 15 is 0 Å². The summed E-state index contributed by atoms with van der Waals surface area (Å²) in [4.78, 5) is 28.6. The van der Waals surface area contributed by atoms with Crippen molar-refractivity contribution in [2.45, 2.75) is 26.0 Å². The topological polar surface area (TPSA) is 63.0 Å². The van der Waals surface area contributed by atoms with E-state index in [4.69, 9.17) is 9.15 Å². The van der Waals surface area contributed by atoms with E-state index in [2.05, 4.69) is 0 Å². The highest BCUT2D eigenvalue weighted by molar-refractivity contribution is 6.03. The monoisotopic (exact) mass is 498 g/mol. The highest BCUT2D eigenvalue weighted by Crippen LogP contribution is 2.37. The number of halogens is 1. The van der Waals surface area contributed by atoms with Crippen molar-refractivity contribution in [2.75, 3.05) is 18.5 Å². The molecule has 4 aromatic rings. The van der Waals surface area contributed by atoms with Gasteiger partial charge in [-0.2, -0.15) is 0 Å². The number of furan rings is 1. The average molecular weight is 499 g/mol. The van der Waals surface area contributed by atoms with E-state index < -0.39 is 0 Å². The Morgan fingerprint density at radius 3 is 2.51 bits per heavy atom. The smallest absolute Gasteiger partial charge is 0.293 e. The van der Waals surface area contributed by atoms with Crippen molar-refractivity contribution in [1.82, 2.24) is 4.90 Å². The lowest BCUT2D eigenvalue weighted by Crippen LogP contribution is -2.39. The summed E-state index contributed by atoms with van der Waals surface area (Å²) >= 11 is 0. The van der Waals surface area contributed by atoms with E-state index in [1.54, 1.807) is 43.1 Å². The molecule has 0 spiro atoms. The molecule has 0 saturated carbocycles. The zero-order valence-corrected chi connectivity index (χ0v) is 20.7. The summed E-state index contributed by atoms with van der Waals surface area (Å²) in [5, 5.41) is 0. The quantitative estimate of drug-likeness (QED) is 0.339. The summed E-state index contributed by atoms with van der Waals surface area (Å²) in [7, 11) is 1.70. The van der Waals surface area contributed by atoms with Gasteiger partial charge in [-0.25, -0.2) is 4.39 Å². The molecule has 37 heavy (non-hydrogen) atoms. The first kappa shape index (κ1) is 24.3. The first-order chi connectivity index (χ1) is 17.9. The first-order valence-electron chi connectivity index (χ1n) is 12.1. The second-order valence-electron chi connectivity index (χ2n) is 9.03. The third-order valence-electron chi connectivity index (χ3n) is 6.64. The van der Waals surface area contributed by atoms with Gasteiger partial charge in [-0.15, -0.1) is 0 Å². The van der Waals surface area contributed by atoms with E-state index in [0.717, 1.165) is 28.8 Å². The lowest BCUT2D eigenvalue weighted by atomic mass is 9.88. The van der Waals surface area contributed by atoms with E-state index in [0.29, 0.717) is 18.1 Å². The fourth-order valence-corrected chi connectivity index (χ4v) is 4.69. The van der Waals surface area contributed by atoms with Crippen molar-refractivity contribution >= 4 is 17.5 Å². The van der Waals surface area contributed by atoms with Gasteiger partial charge in [0.15, 0.2) is 5.76 Å². The van der Waals surface area contributed by atoms with Crippen molar-refractivity contribution in [2.24, 2.45) is 0 Å². The Hall–Kier alpha value is -4.39. The van der Waals surface area contributed by atoms with Crippen LogP contribution >= 0.6 is 0 Å². The van der Waals surface area contributed by atoms with Crippen molar-refractivity contribution in [1.29, 1.82) is 0 Å². The number of carbonyl (C=O) groups is 2. The SMILES string of the molecule is CC(=O)N1CCc2ccc(OCc3ccc(C(=O)N(C)c4ccccc4)o3)cc2C1c1ccc(F)cc1. The zero-order chi connectivity index (χ0) is 25.9. The zero-order valence-electron chi connectivity index (χ0n) is 20.7. The van der Waals surface area contributed by atoms with Gasteiger partial charge in [0.2, 0.25) is 5.91 Å². The molecule has 1 aromatic heterocycles. The number of hydrogen-bond acceptors (Lipinski definition) is 4. The normalized spacial score (nSPS) is 14.7. The molecule has 0 radical (unpaired) electrons. The minimum Gasteiger partial charge on any atom is -0.486 e. The van der Waals surface area contributed by atoms with Crippen molar-refractivity contribution < 1.29 is 23.1 Å². The summed E-state index contributed by atoms with van der Waals surface area (Å²) in [6.07, 6.45) is 0.728. The molecule has 6 nitrogen and oxygen atoms in total. The molecular weight excluding hydrogens is 471 g/mol. The van der Waals surface area contributed by atoms with Crippen LogP contribution in [-0.2, 0) is 17.8 Å². The van der Waals surface area contributed by atoms with E-state index in [1.165, 1.54) is 17.0 Å². The first-order valence-corrected chi connectivity index (χ1v) is 12.1. The van der Waals surface area contributed by atoms with Gasteiger partial charge in [0.1, 0.15) is 23.9 Å². The van der Waals surface area contributed by atoms with Gasteiger partial charge in [0.05, 0.1) is 6.04 Å². The minimum atomic E-state index is -0.327. The van der Waals surface area contributed by atoms with Gasteiger partial charge in [-0.05, 0) is 71.6 Å². The maximum absolute atomic E-state index is 13.6. The van der Waals surface area contributed by atoms with Crippen LogP contribution in [0.1, 0.15) is 46.0 Å². The van der Waals surface area contributed by atoms with Crippen molar-refractivity contribution in [3.05, 3.63) is 119 Å².